The standard InChI is InChI=1S/C21H27N7O2/c1-14-18(15(2)28-21(23-14)24-20(22)25-28)12-19(29)26(3)13-16-4-6-17(7-5-16)27-8-10-30-11-9-27/h4-7H,8-13H2,1-3H3,(H2,22,25). The molecular weight excluding hydrogens is 382 g/mol. The number of carbonyl (C=O) groups is 1. The molecule has 1 aliphatic rings. The van der Waals surface area contributed by atoms with Crippen LogP contribution in [-0.2, 0) is 22.5 Å². The molecule has 0 bridgehead atoms. The Hall–Kier alpha value is -3.20. The van der Waals surface area contributed by atoms with Gasteiger partial charge in [-0.1, -0.05) is 12.1 Å². The number of morpholine rings is 1. The fourth-order valence-corrected chi connectivity index (χ4v) is 3.76. The van der Waals surface area contributed by atoms with Gasteiger partial charge in [0.2, 0.25) is 11.9 Å². The molecule has 2 N–H and O–H groups in total. The Morgan fingerprint density at radius 1 is 1.17 bits per heavy atom. The molecule has 0 spiro atoms. The molecule has 3 heterocycles. The Balaban J connectivity index is 1.43. The third kappa shape index (κ3) is 4.06. The van der Waals surface area contributed by atoms with Gasteiger partial charge < -0.3 is 20.3 Å². The monoisotopic (exact) mass is 409 g/mol. The number of amides is 1. The molecule has 9 heteroatoms. The molecule has 0 radical (unpaired) electrons. The van der Waals surface area contributed by atoms with Crippen LogP contribution >= 0.6 is 0 Å². The van der Waals surface area contributed by atoms with Crippen molar-refractivity contribution in [1.29, 1.82) is 0 Å². The summed E-state index contributed by atoms with van der Waals surface area (Å²) in [5.41, 5.74) is 10.4. The number of nitrogens with two attached hydrogens (primary N) is 1. The van der Waals surface area contributed by atoms with Crippen LogP contribution in [0, 0.1) is 13.8 Å². The SMILES string of the molecule is Cc1nc2nc(N)nn2c(C)c1CC(=O)N(C)Cc1ccc(N2CCOCC2)cc1. The van der Waals surface area contributed by atoms with Crippen LogP contribution in [0.25, 0.3) is 5.78 Å². The maximum atomic E-state index is 12.9. The first-order chi connectivity index (χ1) is 14.4. The lowest BCUT2D eigenvalue weighted by Crippen LogP contribution is -2.36. The number of nitrogens with zero attached hydrogens (tertiary/aromatic N) is 6. The number of nitrogen functional groups attached to an aromatic ring is 1. The average Bonchev–Trinajstić information content (AvgIpc) is 3.12. The molecule has 2 aromatic heterocycles. The molecule has 9 nitrogen and oxygen atoms in total. The first kappa shape index (κ1) is 20.1. The van der Waals surface area contributed by atoms with E-state index in [4.69, 9.17) is 10.5 Å². The highest BCUT2D eigenvalue weighted by Gasteiger charge is 2.18. The maximum absolute atomic E-state index is 12.9. The number of ether oxygens (including phenoxy) is 1. The van der Waals surface area contributed by atoms with Crippen molar-refractivity contribution in [2.75, 3.05) is 44.0 Å². The Labute approximate surface area is 175 Å². The summed E-state index contributed by atoms with van der Waals surface area (Å²) in [6, 6.07) is 8.38. The summed E-state index contributed by atoms with van der Waals surface area (Å²) in [6.07, 6.45) is 0.253. The van der Waals surface area contributed by atoms with Gasteiger partial charge in [0.05, 0.1) is 19.6 Å². The van der Waals surface area contributed by atoms with E-state index in [1.54, 1.807) is 9.42 Å². The third-order valence-corrected chi connectivity index (χ3v) is 5.55. The van der Waals surface area contributed by atoms with Gasteiger partial charge in [0.15, 0.2) is 0 Å². The second kappa shape index (κ2) is 8.27. The van der Waals surface area contributed by atoms with Gasteiger partial charge >= 0.3 is 0 Å². The molecule has 0 unspecified atom stereocenters. The maximum Gasteiger partial charge on any atom is 0.254 e. The lowest BCUT2D eigenvalue weighted by molar-refractivity contribution is -0.129. The molecule has 30 heavy (non-hydrogen) atoms. The average molecular weight is 409 g/mol. The highest BCUT2D eigenvalue weighted by molar-refractivity contribution is 5.79. The largest absolute Gasteiger partial charge is 0.378 e. The first-order valence-corrected chi connectivity index (χ1v) is 10.1. The zero-order valence-corrected chi connectivity index (χ0v) is 17.6. The molecule has 1 aromatic carbocycles. The minimum absolute atomic E-state index is 0.0210. The molecule has 1 fully saturated rings. The van der Waals surface area contributed by atoms with E-state index in [1.807, 2.05) is 20.9 Å². The Kier molecular flexibility index (Phi) is 5.54. The number of carbonyl (C=O) groups excluding carboxylic acids is 1. The summed E-state index contributed by atoms with van der Waals surface area (Å²) in [4.78, 5) is 25.5. The highest BCUT2D eigenvalue weighted by Crippen LogP contribution is 2.19. The van der Waals surface area contributed by atoms with Crippen molar-refractivity contribution in [3.05, 3.63) is 46.8 Å². The van der Waals surface area contributed by atoms with Crippen molar-refractivity contribution in [1.82, 2.24) is 24.5 Å². The lowest BCUT2D eigenvalue weighted by Gasteiger charge is -2.29. The summed E-state index contributed by atoms with van der Waals surface area (Å²) in [5.74, 6) is 0.645. The number of aromatic nitrogens is 4. The van der Waals surface area contributed by atoms with Crippen LogP contribution in [0.4, 0.5) is 11.6 Å². The second-order valence-corrected chi connectivity index (χ2v) is 7.64. The van der Waals surface area contributed by atoms with Gasteiger partial charge in [-0.25, -0.2) is 4.98 Å². The van der Waals surface area contributed by atoms with Crippen molar-refractivity contribution >= 4 is 23.3 Å². The van der Waals surface area contributed by atoms with Gasteiger partial charge in [-0.05, 0) is 31.5 Å². The van der Waals surface area contributed by atoms with E-state index in [2.05, 4.69) is 44.2 Å². The number of hydrogen-bond acceptors (Lipinski definition) is 7. The molecule has 1 saturated heterocycles. The van der Waals surface area contributed by atoms with Crippen LogP contribution in [0.3, 0.4) is 0 Å². The normalized spacial score (nSPS) is 14.3. The number of hydrogen-bond donors (Lipinski definition) is 1. The van der Waals surface area contributed by atoms with Crippen molar-refractivity contribution in [2.45, 2.75) is 26.8 Å². The quantitative estimate of drug-likeness (QED) is 0.679. The highest BCUT2D eigenvalue weighted by atomic mass is 16.5. The molecule has 0 saturated carbocycles. The number of fused-ring (bicyclic) bond motifs is 1. The molecule has 0 atom stereocenters. The summed E-state index contributed by atoms with van der Waals surface area (Å²) < 4.78 is 7.00. The van der Waals surface area contributed by atoms with E-state index in [1.165, 1.54) is 5.69 Å². The predicted octanol–water partition coefficient (Wildman–Crippen LogP) is 1.36. The number of rotatable bonds is 5. The number of likely N-dealkylation sites (N-methyl/N-ethyl adjacent to an activating group) is 1. The summed E-state index contributed by atoms with van der Waals surface area (Å²) in [5, 5.41) is 4.17. The topological polar surface area (TPSA) is 102 Å². The Morgan fingerprint density at radius 2 is 1.87 bits per heavy atom. The van der Waals surface area contributed by atoms with Gasteiger partial charge in [-0.2, -0.15) is 9.50 Å². The second-order valence-electron chi connectivity index (χ2n) is 7.64. The van der Waals surface area contributed by atoms with E-state index in [0.29, 0.717) is 12.3 Å². The minimum atomic E-state index is 0.0210. The van der Waals surface area contributed by atoms with Crippen LogP contribution in [0.2, 0.25) is 0 Å². The van der Waals surface area contributed by atoms with Gasteiger partial charge in [0, 0.05) is 49.3 Å². The van der Waals surface area contributed by atoms with Crippen LogP contribution in [0.1, 0.15) is 22.5 Å². The molecule has 0 aliphatic carbocycles. The number of aryl methyl sites for hydroxylation is 2. The van der Waals surface area contributed by atoms with Crippen LogP contribution < -0.4 is 10.6 Å². The Morgan fingerprint density at radius 3 is 2.57 bits per heavy atom. The fraction of sp³-hybridized carbons (Fsp3) is 0.429. The van der Waals surface area contributed by atoms with E-state index in [-0.39, 0.29) is 18.3 Å². The van der Waals surface area contributed by atoms with E-state index in [9.17, 15) is 4.79 Å². The molecular formula is C21H27N7O2. The fourth-order valence-electron chi connectivity index (χ4n) is 3.76. The summed E-state index contributed by atoms with van der Waals surface area (Å²) in [7, 11) is 1.82. The molecule has 1 aliphatic heterocycles. The number of anilines is 2. The van der Waals surface area contributed by atoms with Gasteiger partial charge in [0.25, 0.3) is 5.78 Å². The minimum Gasteiger partial charge on any atom is -0.378 e. The van der Waals surface area contributed by atoms with E-state index < -0.39 is 0 Å². The molecule has 1 amide bonds. The van der Waals surface area contributed by atoms with Gasteiger partial charge in [-0.3, -0.25) is 4.79 Å². The predicted molar refractivity (Wildman–Crippen MR) is 114 cm³/mol. The van der Waals surface area contributed by atoms with Crippen LogP contribution in [-0.4, -0.2) is 63.7 Å². The summed E-state index contributed by atoms with van der Waals surface area (Å²) in [6.45, 7) is 7.68. The Bertz CT molecular complexity index is 1060. The zero-order valence-electron chi connectivity index (χ0n) is 17.6. The van der Waals surface area contributed by atoms with Gasteiger partial charge in [0.1, 0.15) is 0 Å². The number of benzene rings is 1. The van der Waals surface area contributed by atoms with Crippen molar-refractivity contribution in [2.24, 2.45) is 0 Å². The molecule has 4 rings (SSSR count). The van der Waals surface area contributed by atoms with Crippen LogP contribution in [0.5, 0.6) is 0 Å². The lowest BCUT2D eigenvalue weighted by atomic mass is 10.1. The van der Waals surface area contributed by atoms with E-state index in [0.717, 1.165) is 48.8 Å². The first-order valence-electron chi connectivity index (χ1n) is 10.1. The summed E-state index contributed by atoms with van der Waals surface area (Å²) >= 11 is 0. The van der Waals surface area contributed by atoms with Crippen molar-refractivity contribution in [3.8, 4) is 0 Å². The van der Waals surface area contributed by atoms with E-state index >= 15 is 0 Å². The van der Waals surface area contributed by atoms with Crippen LogP contribution in [0.15, 0.2) is 24.3 Å². The third-order valence-electron chi connectivity index (χ3n) is 5.55. The van der Waals surface area contributed by atoms with Gasteiger partial charge in [-0.15, -0.1) is 5.10 Å². The zero-order chi connectivity index (χ0) is 21.3. The van der Waals surface area contributed by atoms with Crippen molar-refractivity contribution in [3.63, 3.8) is 0 Å². The molecule has 3 aromatic rings. The molecule has 158 valence electrons. The smallest absolute Gasteiger partial charge is 0.254 e. The van der Waals surface area contributed by atoms with Crippen molar-refractivity contribution < 1.29 is 9.53 Å².